The molecule has 1 fully saturated rings. The van der Waals surface area contributed by atoms with Crippen molar-refractivity contribution in [2.75, 3.05) is 19.7 Å². The molecular formula is C16H22N2O. The number of hydrogen-bond donors (Lipinski definition) is 0. The maximum Gasteiger partial charge on any atom is 0.119 e. The first-order chi connectivity index (χ1) is 9.12. The molecule has 1 saturated heterocycles. The Kier molecular flexibility index (Phi) is 4.44. The molecule has 1 heterocycles. The highest BCUT2D eigenvalue weighted by atomic mass is 16.5. The third-order valence-electron chi connectivity index (χ3n) is 3.90. The van der Waals surface area contributed by atoms with E-state index in [1.807, 2.05) is 12.1 Å². The molecule has 1 aliphatic heterocycles. The Labute approximate surface area is 115 Å². The predicted molar refractivity (Wildman–Crippen MR) is 76.2 cm³/mol. The molecule has 0 saturated carbocycles. The molecule has 1 aromatic carbocycles. The Morgan fingerprint density at radius 1 is 1.32 bits per heavy atom. The summed E-state index contributed by atoms with van der Waals surface area (Å²) in [6.07, 6.45) is 3.65. The molecule has 3 heteroatoms. The van der Waals surface area contributed by atoms with Gasteiger partial charge in [0.25, 0.3) is 0 Å². The number of hydrogen-bond acceptors (Lipinski definition) is 3. The van der Waals surface area contributed by atoms with Crippen LogP contribution in [0.5, 0.6) is 5.75 Å². The fourth-order valence-electron chi connectivity index (χ4n) is 2.65. The van der Waals surface area contributed by atoms with Crippen molar-refractivity contribution in [2.24, 2.45) is 0 Å². The molecule has 0 N–H and O–H groups in total. The third kappa shape index (κ3) is 3.71. The first-order valence-electron chi connectivity index (χ1n) is 7.00. The van der Waals surface area contributed by atoms with E-state index in [-0.39, 0.29) is 0 Å². The Morgan fingerprint density at radius 3 is 2.63 bits per heavy atom. The molecule has 3 nitrogen and oxygen atoms in total. The van der Waals surface area contributed by atoms with Crippen LogP contribution in [0, 0.1) is 11.3 Å². The predicted octanol–water partition coefficient (Wildman–Crippen LogP) is 3.20. The molecular weight excluding hydrogens is 236 g/mol. The fourth-order valence-corrected chi connectivity index (χ4v) is 2.65. The fraction of sp³-hybridized carbons (Fsp3) is 0.562. The first kappa shape index (κ1) is 13.9. The van der Waals surface area contributed by atoms with Crippen molar-refractivity contribution < 1.29 is 4.74 Å². The average molecular weight is 258 g/mol. The van der Waals surface area contributed by atoms with Gasteiger partial charge in [-0.05, 0) is 63.9 Å². The van der Waals surface area contributed by atoms with E-state index in [9.17, 15) is 0 Å². The van der Waals surface area contributed by atoms with Crippen LogP contribution in [0.15, 0.2) is 24.3 Å². The highest BCUT2D eigenvalue weighted by molar-refractivity contribution is 5.34. The van der Waals surface area contributed by atoms with Crippen LogP contribution in [0.2, 0.25) is 0 Å². The standard InChI is InChI=1S/C16H22N2O/c1-16(2)9-3-10-18(16)11-4-12-19-15-7-5-14(13-17)6-8-15/h5-8H,3-4,9-12H2,1-2H3. The lowest BCUT2D eigenvalue weighted by Crippen LogP contribution is -2.39. The molecule has 0 radical (unpaired) electrons. The van der Waals surface area contributed by atoms with Crippen LogP contribution in [-0.4, -0.2) is 30.1 Å². The molecule has 0 atom stereocenters. The van der Waals surface area contributed by atoms with Gasteiger partial charge in [0.1, 0.15) is 5.75 Å². The summed E-state index contributed by atoms with van der Waals surface area (Å²) in [7, 11) is 0. The zero-order valence-corrected chi connectivity index (χ0v) is 11.9. The zero-order chi connectivity index (χ0) is 13.7. The minimum absolute atomic E-state index is 0.356. The second kappa shape index (κ2) is 6.08. The highest BCUT2D eigenvalue weighted by Crippen LogP contribution is 2.27. The van der Waals surface area contributed by atoms with E-state index in [0.717, 1.165) is 25.3 Å². The number of benzene rings is 1. The average Bonchev–Trinajstić information content (AvgIpc) is 2.74. The van der Waals surface area contributed by atoms with E-state index in [0.29, 0.717) is 11.1 Å². The Balaban J connectivity index is 1.70. The monoisotopic (exact) mass is 258 g/mol. The zero-order valence-electron chi connectivity index (χ0n) is 11.9. The molecule has 102 valence electrons. The summed E-state index contributed by atoms with van der Waals surface area (Å²) >= 11 is 0. The van der Waals surface area contributed by atoms with Gasteiger partial charge in [-0.3, -0.25) is 4.90 Å². The SMILES string of the molecule is CC1(C)CCCN1CCCOc1ccc(C#N)cc1. The minimum atomic E-state index is 0.356. The van der Waals surface area contributed by atoms with E-state index in [4.69, 9.17) is 10.00 Å². The largest absolute Gasteiger partial charge is 0.494 e. The second-order valence-corrected chi connectivity index (χ2v) is 5.74. The molecule has 2 rings (SSSR count). The number of ether oxygens (including phenoxy) is 1. The van der Waals surface area contributed by atoms with Crippen molar-refractivity contribution in [1.82, 2.24) is 4.90 Å². The van der Waals surface area contributed by atoms with Gasteiger partial charge in [-0.15, -0.1) is 0 Å². The Bertz CT molecular complexity index is 445. The Morgan fingerprint density at radius 2 is 2.05 bits per heavy atom. The molecule has 1 aliphatic rings. The van der Waals surface area contributed by atoms with Crippen molar-refractivity contribution in [1.29, 1.82) is 5.26 Å². The van der Waals surface area contributed by atoms with Crippen LogP contribution in [0.25, 0.3) is 0 Å². The summed E-state index contributed by atoms with van der Waals surface area (Å²) in [4.78, 5) is 2.55. The van der Waals surface area contributed by atoms with Crippen molar-refractivity contribution >= 4 is 0 Å². The lowest BCUT2D eigenvalue weighted by atomic mass is 10.0. The highest BCUT2D eigenvalue weighted by Gasteiger charge is 2.30. The van der Waals surface area contributed by atoms with Crippen molar-refractivity contribution in [2.45, 2.75) is 38.6 Å². The summed E-state index contributed by atoms with van der Waals surface area (Å²) in [6, 6.07) is 9.41. The van der Waals surface area contributed by atoms with E-state index in [1.165, 1.54) is 19.4 Å². The number of nitrogens with zero attached hydrogens (tertiary/aromatic N) is 2. The Hall–Kier alpha value is -1.53. The van der Waals surface area contributed by atoms with Crippen LogP contribution in [0.1, 0.15) is 38.7 Å². The summed E-state index contributed by atoms with van der Waals surface area (Å²) in [5.41, 5.74) is 1.03. The maximum absolute atomic E-state index is 8.72. The van der Waals surface area contributed by atoms with Crippen LogP contribution in [-0.2, 0) is 0 Å². The van der Waals surface area contributed by atoms with Gasteiger partial charge in [0.05, 0.1) is 18.2 Å². The van der Waals surface area contributed by atoms with Crippen LogP contribution >= 0.6 is 0 Å². The molecule has 19 heavy (non-hydrogen) atoms. The third-order valence-corrected chi connectivity index (χ3v) is 3.90. The summed E-state index contributed by atoms with van der Waals surface area (Å²) in [5, 5.41) is 8.72. The molecule has 0 aliphatic carbocycles. The normalized spacial score (nSPS) is 18.2. The second-order valence-electron chi connectivity index (χ2n) is 5.74. The number of likely N-dealkylation sites (tertiary alicyclic amines) is 1. The van der Waals surface area contributed by atoms with E-state index in [1.54, 1.807) is 12.1 Å². The van der Waals surface area contributed by atoms with E-state index >= 15 is 0 Å². The summed E-state index contributed by atoms with van der Waals surface area (Å²) in [6.45, 7) is 7.69. The molecule has 0 spiro atoms. The van der Waals surface area contributed by atoms with Crippen molar-refractivity contribution in [3.05, 3.63) is 29.8 Å². The van der Waals surface area contributed by atoms with Gasteiger partial charge in [-0.1, -0.05) is 0 Å². The molecule has 0 aromatic heterocycles. The van der Waals surface area contributed by atoms with Crippen LogP contribution in [0.3, 0.4) is 0 Å². The van der Waals surface area contributed by atoms with Gasteiger partial charge in [0.15, 0.2) is 0 Å². The van der Waals surface area contributed by atoms with Gasteiger partial charge in [-0.25, -0.2) is 0 Å². The van der Waals surface area contributed by atoms with Crippen molar-refractivity contribution in [3.8, 4) is 11.8 Å². The molecule has 0 bridgehead atoms. The molecule has 0 unspecified atom stereocenters. The van der Waals surface area contributed by atoms with Gasteiger partial charge in [-0.2, -0.15) is 5.26 Å². The first-order valence-corrected chi connectivity index (χ1v) is 7.00. The number of rotatable bonds is 5. The summed E-state index contributed by atoms with van der Waals surface area (Å²) < 4.78 is 5.70. The smallest absolute Gasteiger partial charge is 0.119 e. The van der Waals surface area contributed by atoms with Crippen LogP contribution in [0.4, 0.5) is 0 Å². The minimum Gasteiger partial charge on any atom is -0.494 e. The molecule has 0 amide bonds. The van der Waals surface area contributed by atoms with Gasteiger partial charge < -0.3 is 4.74 Å². The number of nitriles is 1. The maximum atomic E-state index is 8.72. The lowest BCUT2D eigenvalue weighted by molar-refractivity contribution is 0.160. The van der Waals surface area contributed by atoms with Crippen molar-refractivity contribution in [3.63, 3.8) is 0 Å². The van der Waals surface area contributed by atoms with E-state index in [2.05, 4.69) is 24.8 Å². The van der Waals surface area contributed by atoms with Gasteiger partial charge in [0.2, 0.25) is 0 Å². The topological polar surface area (TPSA) is 36.3 Å². The van der Waals surface area contributed by atoms with Gasteiger partial charge in [0, 0.05) is 12.1 Å². The van der Waals surface area contributed by atoms with Crippen LogP contribution < -0.4 is 4.74 Å². The quantitative estimate of drug-likeness (QED) is 0.761. The molecule has 1 aromatic rings. The lowest BCUT2D eigenvalue weighted by Gasteiger charge is -2.31. The summed E-state index contributed by atoms with van der Waals surface area (Å²) in [5.74, 6) is 0.847. The van der Waals surface area contributed by atoms with Gasteiger partial charge >= 0.3 is 0 Å². The van der Waals surface area contributed by atoms with E-state index < -0.39 is 0 Å².